The predicted octanol–water partition coefficient (Wildman–Crippen LogP) is 1.44. The van der Waals surface area contributed by atoms with E-state index in [9.17, 15) is 13.6 Å². The van der Waals surface area contributed by atoms with Crippen molar-refractivity contribution in [2.45, 2.75) is 32.0 Å². The van der Waals surface area contributed by atoms with Gasteiger partial charge in [-0.25, -0.2) is 13.6 Å². The fraction of sp³-hybridized carbons (Fsp3) is 0.917. The highest BCUT2D eigenvalue weighted by Gasteiger charge is 2.42. The summed E-state index contributed by atoms with van der Waals surface area (Å²) in [5.41, 5.74) is 0. The van der Waals surface area contributed by atoms with E-state index >= 15 is 0 Å². The summed E-state index contributed by atoms with van der Waals surface area (Å²) in [4.78, 5) is 13.3. The highest BCUT2D eigenvalue weighted by atomic mass is 19.3. The first-order valence-electron chi connectivity index (χ1n) is 6.60. The minimum absolute atomic E-state index is 0.0843. The van der Waals surface area contributed by atoms with Gasteiger partial charge in [0.1, 0.15) is 0 Å². The minimum Gasteiger partial charge on any atom is -0.347 e. The van der Waals surface area contributed by atoms with E-state index in [0.29, 0.717) is 26.3 Å². The number of amides is 2. The van der Waals surface area contributed by atoms with E-state index in [4.69, 9.17) is 9.47 Å². The number of hydrogen-bond acceptors (Lipinski definition) is 3. The first kappa shape index (κ1) is 14.5. The zero-order valence-corrected chi connectivity index (χ0v) is 11.0. The molecule has 1 atom stereocenters. The largest absolute Gasteiger partial charge is 0.347 e. The molecular weight excluding hydrogens is 258 g/mol. The molecule has 1 N–H and O–H groups in total. The van der Waals surface area contributed by atoms with E-state index < -0.39 is 24.8 Å². The highest BCUT2D eigenvalue weighted by Crippen LogP contribution is 2.33. The molecule has 0 unspecified atom stereocenters. The van der Waals surface area contributed by atoms with E-state index in [2.05, 4.69) is 5.32 Å². The van der Waals surface area contributed by atoms with Crippen molar-refractivity contribution < 1.29 is 23.0 Å². The normalized spacial score (nSPS) is 26.7. The fourth-order valence-electron chi connectivity index (χ4n) is 2.63. The lowest BCUT2D eigenvalue weighted by atomic mass is 9.90. The smallest absolute Gasteiger partial charge is 0.317 e. The van der Waals surface area contributed by atoms with Gasteiger partial charge in [0.05, 0.1) is 19.8 Å². The van der Waals surface area contributed by atoms with Crippen LogP contribution in [0.1, 0.15) is 19.8 Å². The minimum atomic E-state index is -2.52. The van der Waals surface area contributed by atoms with Crippen LogP contribution in [0.4, 0.5) is 13.6 Å². The number of piperidine rings is 1. The number of carbonyl (C=O) groups is 1. The number of hydrogen-bond donors (Lipinski definition) is 1. The number of ether oxygens (including phenoxy) is 2. The standard InChI is InChI=1S/C12H20F2N2O3/c1-12(18-5-6-19-12)9-3-2-4-16(8-9)11(17)15-7-10(13)14/h9-10H,2-8H2,1H3,(H,15,17)/t9-/m1/s1. The van der Waals surface area contributed by atoms with Gasteiger partial charge in [0.25, 0.3) is 6.43 Å². The molecule has 110 valence electrons. The SMILES string of the molecule is CC1([C@@H]2CCCN(C(=O)NCC(F)F)C2)OCCO1. The lowest BCUT2D eigenvalue weighted by Gasteiger charge is -2.39. The molecule has 0 saturated carbocycles. The van der Waals surface area contributed by atoms with Gasteiger partial charge < -0.3 is 19.7 Å². The maximum atomic E-state index is 12.1. The predicted molar refractivity (Wildman–Crippen MR) is 64.0 cm³/mol. The number of likely N-dealkylation sites (tertiary alicyclic amines) is 1. The van der Waals surface area contributed by atoms with Gasteiger partial charge in [-0.05, 0) is 19.8 Å². The molecule has 0 spiro atoms. The average molecular weight is 278 g/mol. The number of rotatable bonds is 3. The van der Waals surface area contributed by atoms with Crippen LogP contribution in [0, 0.1) is 5.92 Å². The van der Waals surface area contributed by atoms with Crippen LogP contribution >= 0.6 is 0 Å². The second-order valence-electron chi connectivity index (χ2n) is 5.08. The van der Waals surface area contributed by atoms with Crippen molar-refractivity contribution in [1.29, 1.82) is 0 Å². The zero-order chi connectivity index (χ0) is 13.9. The Labute approximate surface area is 111 Å². The summed E-state index contributed by atoms with van der Waals surface area (Å²) in [5.74, 6) is -0.567. The van der Waals surface area contributed by atoms with Gasteiger partial charge in [-0.15, -0.1) is 0 Å². The van der Waals surface area contributed by atoms with Gasteiger partial charge in [0.15, 0.2) is 5.79 Å². The van der Waals surface area contributed by atoms with Crippen molar-refractivity contribution in [1.82, 2.24) is 10.2 Å². The molecule has 2 aliphatic rings. The Hall–Kier alpha value is -0.950. The number of carbonyl (C=O) groups excluding carboxylic acids is 1. The summed E-state index contributed by atoms with van der Waals surface area (Å²) in [7, 11) is 0. The van der Waals surface area contributed by atoms with Gasteiger partial charge in [0.2, 0.25) is 0 Å². The maximum Gasteiger partial charge on any atom is 0.317 e. The van der Waals surface area contributed by atoms with Gasteiger partial charge >= 0.3 is 6.03 Å². The summed E-state index contributed by atoms with van der Waals surface area (Å²) in [5, 5.41) is 2.23. The molecule has 2 aliphatic heterocycles. The summed E-state index contributed by atoms with van der Waals surface area (Å²) in [6.45, 7) is 3.46. The first-order chi connectivity index (χ1) is 9.01. The fourth-order valence-corrected chi connectivity index (χ4v) is 2.63. The molecule has 2 fully saturated rings. The number of alkyl halides is 2. The Morgan fingerprint density at radius 2 is 2.16 bits per heavy atom. The van der Waals surface area contributed by atoms with Crippen LogP contribution in [0.15, 0.2) is 0 Å². The third-order valence-electron chi connectivity index (χ3n) is 3.72. The maximum absolute atomic E-state index is 12.1. The van der Waals surface area contributed by atoms with E-state index in [1.54, 1.807) is 4.90 Å². The Balaban J connectivity index is 1.88. The summed E-state index contributed by atoms with van der Waals surface area (Å²) in [6.07, 6.45) is -0.784. The molecule has 5 nitrogen and oxygen atoms in total. The van der Waals surface area contributed by atoms with Gasteiger partial charge in [-0.2, -0.15) is 0 Å². The molecule has 2 amide bonds. The van der Waals surface area contributed by atoms with Crippen LogP contribution in [0.3, 0.4) is 0 Å². The Morgan fingerprint density at radius 1 is 1.47 bits per heavy atom. The number of nitrogens with zero attached hydrogens (tertiary/aromatic N) is 1. The van der Waals surface area contributed by atoms with Crippen LogP contribution in [-0.4, -0.2) is 56.0 Å². The van der Waals surface area contributed by atoms with Gasteiger partial charge in [0, 0.05) is 19.0 Å². The summed E-state index contributed by atoms with van der Waals surface area (Å²) < 4.78 is 35.4. The number of urea groups is 1. The molecule has 0 bridgehead atoms. The van der Waals surface area contributed by atoms with Crippen LogP contribution in [0.5, 0.6) is 0 Å². The van der Waals surface area contributed by atoms with Crippen LogP contribution in [0.2, 0.25) is 0 Å². The molecule has 2 rings (SSSR count). The number of halogens is 2. The first-order valence-corrected chi connectivity index (χ1v) is 6.60. The van der Waals surface area contributed by atoms with Crippen LogP contribution in [-0.2, 0) is 9.47 Å². The molecule has 0 aromatic carbocycles. The molecule has 0 aliphatic carbocycles. The van der Waals surface area contributed by atoms with E-state index in [1.807, 2.05) is 6.92 Å². The Kier molecular flexibility index (Phi) is 4.57. The van der Waals surface area contributed by atoms with E-state index in [0.717, 1.165) is 12.8 Å². The highest BCUT2D eigenvalue weighted by molar-refractivity contribution is 5.74. The van der Waals surface area contributed by atoms with Crippen molar-refractivity contribution in [2.75, 3.05) is 32.8 Å². The van der Waals surface area contributed by atoms with Gasteiger partial charge in [-0.3, -0.25) is 0 Å². The van der Waals surface area contributed by atoms with Crippen molar-refractivity contribution in [3.8, 4) is 0 Å². The van der Waals surface area contributed by atoms with Crippen LogP contribution in [0.25, 0.3) is 0 Å². The van der Waals surface area contributed by atoms with Crippen molar-refractivity contribution in [3.05, 3.63) is 0 Å². The molecular formula is C12H20F2N2O3. The summed E-state index contributed by atoms with van der Waals surface area (Å²) in [6, 6.07) is -0.438. The van der Waals surface area contributed by atoms with Crippen molar-refractivity contribution in [2.24, 2.45) is 5.92 Å². The molecule has 2 heterocycles. The Morgan fingerprint density at radius 3 is 2.79 bits per heavy atom. The second kappa shape index (κ2) is 6.00. The lowest BCUT2D eigenvalue weighted by Crippen LogP contribution is -2.51. The molecule has 2 saturated heterocycles. The third-order valence-corrected chi connectivity index (χ3v) is 3.72. The second-order valence-corrected chi connectivity index (χ2v) is 5.08. The topological polar surface area (TPSA) is 50.8 Å². The van der Waals surface area contributed by atoms with Crippen molar-refractivity contribution in [3.63, 3.8) is 0 Å². The molecule has 7 heteroatoms. The molecule has 0 radical (unpaired) electrons. The van der Waals surface area contributed by atoms with E-state index in [1.165, 1.54) is 0 Å². The lowest BCUT2D eigenvalue weighted by molar-refractivity contribution is -0.189. The zero-order valence-electron chi connectivity index (χ0n) is 11.0. The third kappa shape index (κ3) is 3.54. The molecule has 0 aromatic rings. The van der Waals surface area contributed by atoms with Crippen LogP contribution < -0.4 is 5.32 Å². The van der Waals surface area contributed by atoms with E-state index in [-0.39, 0.29) is 5.92 Å². The molecule has 19 heavy (non-hydrogen) atoms. The van der Waals surface area contributed by atoms with Crippen molar-refractivity contribution >= 4 is 6.03 Å². The molecule has 0 aromatic heterocycles. The Bertz CT molecular complexity index is 322. The average Bonchev–Trinajstić information content (AvgIpc) is 2.84. The number of nitrogens with one attached hydrogen (secondary N) is 1. The quantitative estimate of drug-likeness (QED) is 0.850. The monoisotopic (exact) mass is 278 g/mol. The van der Waals surface area contributed by atoms with Gasteiger partial charge in [-0.1, -0.05) is 0 Å². The summed E-state index contributed by atoms with van der Waals surface area (Å²) >= 11 is 0.